The summed E-state index contributed by atoms with van der Waals surface area (Å²) in [5, 5.41) is 0.753. The normalized spacial score (nSPS) is 10.5. The SMILES string of the molecule is CCc1ccc(CSc2nc(=S)[nH]c(=S)[nH]2)cc1. The molecule has 1 heterocycles. The molecule has 2 rings (SSSR count). The number of hydrogen-bond donors (Lipinski definition) is 2. The second-order valence-corrected chi connectivity index (χ2v) is 5.52. The van der Waals surface area contributed by atoms with Gasteiger partial charge in [-0.3, -0.25) is 0 Å². The molecule has 0 aliphatic rings. The van der Waals surface area contributed by atoms with Crippen molar-refractivity contribution in [3.8, 4) is 0 Å². The Kier molecular flexibility index (Phi) is 4.68. The van der Waals surface area contributed by atoms with Crippen molar-refractivity contribution in [2.45, 2.75) is 24.3 Å². The molecular weight excluding hydrogens is 282 g/mol. The molecule has 18 heavy (non-hydrogen) atoms. The molecule has 3 nitrogen and oxygen atoms in total. The Bertz CT molecular complexity index is 600. The van der Waals surface area contributed by atoms with Gasteiger partial charge in [-0.25, -0.2) is 0 Å². The lowest BCUT2D eigenvalue weighted by Gasteiger charge is -2.02. The van der Waals surface area contributed by atoms with Crippen LogP contribution in [0.25, 0.3) is 0 Å². The molecular formula is C12H13N3S3. The van der Waals surface area contributed by atoms with Gasteiger partial charge in [0.1, 0.15) is 0 Å². The molecule has 0 radical (unpaired) electrons. The van der Waals surface area contributed by atoms with Gasteiger partial charge in [-0.1, -0.05) is 43.0 Å². The van der Waals surface area contributed by atoms with E-state index in [1.807, 2.05) is 0 Å². The van der Waals surface area contributed by atoms with Gasteiger partial charge >= 0.3 is 0 Å². The number of aryl methyl sites for hydroxylation is 1. The summed E-state index contributed by atoms with van der Waals surface area (Å²) >= 11 is 11.6. The van der Waals surface area contributed by atoms with Crippen LogP contribution in [0.15, 0.2) is 29.4 Å². The molecule has 1 aromatic carbocycles. The zero-order chi connectivity index (χ0) is 13.0. The van der Waals surface area contributed by atoms with Crippen molar-refractivity contribution in [3.05, 3.63) is 44.9 Å². The van der Waals surface area contributed by atoms with Crippen molar-refractivity contribution in [2.75, 3.05) is 0 Å². The van der Waals surface area contributed by atoms with E-state index in [0.29, 0.717) is 9.54 Å². The topological polar surface area (TPSA) is 44.5 Å². The second kappa shape index (κ2) is 6.26. The minimum absolute atomic E-state index is 0.419. The molecule has 0 fully saturated rings. The number of thioether (sulfide) groups is 1. The Balaban J connectivity index is 2.06. The molecule has 0 atom stereocenters. The predicted octanol–water partition coefficient (Wildman–Crippen LogP) is 4.05. The smallest absolute Gasteiger partial charge is 0.201 e. The molecule has 0 saturated heterocycles. The Hall–Kier alpha value is -0.980. The van der Waals surface area contributed by atoms with Gasteiger partial charge < -0.3 is 9.97 Å². The van der Waals surface area contributed by atoms with E-state index in [4.69, 9.17) is 24.4 Å². The second-order valence-electron chi connectivity index (χ2n) is 3.76. The van der Waals surface area contributed by atoms with Crippen LogP contribution in [-0.2, 0) is 12.2 Å². The quantitative estimate of drug-likeness (QED) is 0.660. The minimum atomic E-state index is 0.419. The maximum absolute atomic E-state index is 5.02. The molecule has 1 aromatic heterocycles. The number of rotatable bonds is 4. The summed E-state index contributed by atoms with van der Waals surface area (Å²) < 4.78 is 0.932. The van der Waals surface area contributed by atoms with E-state index in [0.717, 1.165) is 17.3 Å². The van der Waals surface area contributed by atoms with Crippen LogP contribution in [0, 0.1) is 9.54 Å². The summed E-state index contributed by atoms with van der Waals surface area (Å²) in [7, 11) is 0. The fraction of sp³-hybridized carbons (Fsp3) is 0.250. The third-order valence-corrected chi connectivity index (χ3v) is 3.79. The highest BCUT2D eigenvalue weighted by molar-refractivity contribution is 7.98. The van der Waals surface area contributed by atoms with Gasteiger partial charge in [0.2, 0.25) is 4.77 Å². The molecule has 2 N–H and O–H groups in total. The third kappa shape index (κ3) is 3.76. The number of aromatic amines is 2. The van der Waals surface area contributed by atoms with Gasteiger partial charge in [0.15, 0.2) is 9.93 Å². The van der Waals surface area contributed by atoms with E-state index >= 15 is 0 Å². The summed E-state index contributed by atoms with van der Waals surface area (Å²) in [4.78, 5) is 9.94. The predicted molar refractivity (Wildman–Crippen MR) is 80.0 cm³/mol. The van der Waals surface area contributed by atoms with Gasteiger partial charge in [-0.05, 0) is 42.0 Å². The molecule has 0 aliphatic carbocycles. The van der Waals surface area contributed by atoms with Crippen LogP contribution in [0.5, 0.6) is 0 Å². The van der Waals surface area contributed by atoms with Crippen molar-refractivity contribution >= 4 is 36.2 Å². The number of aromatic nitrogens is 3. The summed E-state index contributed by atoms with van der Waals surface area (Å²) in [6.45, 7) is 2.15. The Labute approximate surface area is 120 Å². The van der Waals surface area contributed by atoms with Gasteiger partial charge in [0.05, 0.1) is 0 Å². The highest BCUT2D eigenvalue weighted by Crippen LogP contribution is 2.18. The summed E-state index contributed by atoms with van der Waals surface area (Å²) in [5.74, 6) is 0.848. The zero-order valence-corrected chi connectivity index (χ0v) is 12.3. The van der Waals surface area contributed by atoms with Gasteiger partial charge in [0.25, 0.3) is 0 Å². The highest BCUT2D eigenvalue weighted by Gasteiger charge is 1.99. The lowest BCUT2D eigenvalue weighted by Crippen LogP contribution is -1.92. The minimum Gasteiger partial charge on any atom is -0.311 e. The van der Waals surface area contributed by atoms with E-state index in [1.165, 1.54) is 11.1 Å². The van der Waals surface area contributed by atoms with Crippen LogP contribution >= 0.6 is 36.2 Å². The number of hydrogen-bond acceptors (Lipinski definition) is 4. The van der Waals surface area contributed by atoms with Crippen LogP contribution in [0.3, 0.4) is 0 Å². The average molecular weight is 295 g/mol. The fourth-order valence-corrected chi connectivity index (χ4v) is 2.86. The Morgan fingerprint density at radius 1 is 1.11 bits per heavy atom. The van der Waals surface area contributed by atoms with Crippen LogP contribution in [0.2, 0.25) is 0 Å². The largest absolute Gasteiger partial charge is 0.311 e. The van der Waals surface area contributed by atoms with Crippen LogP contribution < -0.4 is 0 Å². The highest BCUT2D eigenvalue weighted by atomic mass is 32.2. The van der Waals surface area contributed by atoms with E-state index in [2.05, 4.69) is 46.1 Å². The molecule has 0 bridgehead atoms. The average Bonchev–Trinajstić information content (AvgIpc) is 2.36. The lowest BCUT2D eigenvalue weighted by molar-refractivity contribution is 0.872. The molecule has 0 saturated carbocycles. The molecule has 6 heteroatoms. The van der Waals surface area contributed by atoms with E-state index in [-0.39, 0.29) is 0 Å². The van der Waals surface area contributed by atoms with Crippen molar-refractivity contribution in [3.63, 3.8) is 0 Å². The first-order chi connectivity index (χ1) is 8.67. The van der Waals surface area contributed by atoms with E-state index < -0.39 is 0 Å². The first-order valence-corrected chi connectivity index (χ1v) is 7.39. The van der Waals surface area contributed by atoms with Crippen molar-refractivity contribution < 1.29 is 0 Å². The van der Waals surface area contributed by atoms with E-state index in [9.17, 15) is 0 Å². The first kappa shape index (κ1) is 13.5. The molecule has 0 spiro atoms. The van der Waals surface area contributed by atoms with Crippen molar-refractivity contribution in [1.82, 2.24) is 15.0 Å². The maximum Gasteiger partial charge on any atom is 0.201 e. The number of H-pyrrole nitrogens is 2. The molecule has 94 valence electrons. The number of nitrogens with zero attached hydrogens (tertiary/aromatic N) is 1. The van der Waals surface area contributed by atoms with Crippen LogP contribution in [-0.4, -0.2) is 15.0 Å². The fourth-order valence-electron chi connectivity index (χ4n) is 1.46. The molecule has 2 aromatic rings. The van der Waals surface area contributed by atoms with Crippen molar-refractivity contribution in [2.24, 2.45) is 0 Å². The van der Waals surface area contributed by atoms with Crippen LogP contribution in [0.4, 0.5) is 0 Å². The zero-order valence-electron chi connectivity index (χ0n) is 9.90. The third-order valence-electron chi connectivity index (χ3n) is 2.45. The summed E-state index contributed by atoms with van der Waals surface area (Å²) in [5.41, 5.74) is 2.61. The standard InChI is InChI=1S/C12H13N3S3/c1-2-8-3-5-9(6-4-8)7-18-12-14-10(16)13-11(17)15-12/h3-6H,2,7H2,1H3,(H2,13,14,15,16,17). The maximum atomic E-state index is 5.02. The van der Waals surface area contributed by atoms with Gasteiger partial charge in [-0.2, -0.15) is 4.98 Å². The van der Waals surface area contributed by atoms with E-state index in [1.54, 1.807) is 11.8 Å². The van der Waals surface area contributed by atoms with Gasteiger partial charge in [-0.15, -0.1) is 0 Å². The monoisotopic (exact) mass is 295 g/mol. The van der Waals surface area contributed by atoms with Crippen LogP contribution in [0.1, 0.15) is 18.1 Å². The first-order valence-electron chi connectivity index (χ1n) is 5.58. The lowest BCUT2D eigenvalue weighted by atomic mass is 10.1. The van der Waals surface area contributed by atoms with Gasteiger partial charge in [0, 0.05) is 5.75 Å². The molecule has 0 amide bonds. The molecule has 0 aliphatic heterocycles. The summed E-state index contributed by atoms with van der Waals surface area (Å²) in [6, 6.07) is 8.60. The number of nitrogens with one attached hydrogen (secondary N) is 2. The number of benzene rings is 1. The van der Waals surface area contributed by atoms with Crippen molar-refractivity contribution in [1.29, 1.82) is 0 Å². The molecule has 0 unspecified atom stereocenters. The Morgan fingerprint density at radius 2 is 1.78 bits per heavy atom. The summed E-state index contributed by atoms with van der Waals surface area (Å²) in [6.07, 6.45) is 1.07. The Morgan fingerprint density at radius 3 is 2.39 bits per heavy atom.